The number of nitrogens with one attached hydrogen (secondary N) is 1. The van der Waals surface area contributed by atoms with E-state index in [-0.39, 0.29) is 5.69 Å². The van der Waals surface area contributed by atoms with Crippen molar-refractivity contribution in [1.29, 1.82) is 5.26 Å². The molecule has 0 spiro atoms. The summed E-state index contributed by atoms with van der Waals surface area (Å²) in [6, 6.07) is 9.92. The molecule has 2 rings (SSSR count). The van der Waals surface area contributed by atoms with E-state index in [1.807, 2.05) is 6.07 Å². The Morgan fingerprint density at radius 2 is 2.25 bits per heavy atom. The number of pyridine rings is 1. The van der Waals surface area contributed by atoms with Crippen molar-refractivity contribution in [2.45, 2.75) is 0 Å². The van der Waals surface area contributed by atoms with Gasteiger partial charge in [-0.1, -0.05) is 17.7 Å². The second kappa shape index (κ2) is 6.04. The molecule has 1 amide bonds. The Bertz CT molecular complexity index is 695. The third kappa shape index (κ3) is 2.87. The number of carbonyl (C=O) groups is 1. The molecule has 0 saturated heterocycles. The molecule has 0 aliphatic rings. The first-order chi connectivity index (χ1) is 9.65. The molecule has 0 aliphatic heterocycles. The molecule has 0 unspecified atom stereocenters. The minimum absolute atomic E-state index is 0.160. The van der Waals surface area contributed by atoms with Crippen LogP contribution in [0.25, 0.3) is 0 Å². The van der Waals surface area contributed by atoms with Gasteiger partial charge >= 0.3 is 0 Å². The van der Waals surface area contributed by atoms with E-state index in [4.69, 9.17) is 21.6 Å². The average Bonchev–Trinajstić information content (AvgIpc) is 2.47. The zero-order valence-corrected chi connectivity index (χ0v) is 11.3. The smallest absolute Gasteiger partial charge is 0.274 e. The molecular formula is C14H10ClN3O2. The number of hydrogen-bond acceptors (Lipinski definition) is 4. The fourth-order valence-corrected chi connectivity index (χ4v) is 1.79. The van der Waals surface area contributed by atoms with Gasteiger partial charge in [-0.2, -0.15) is 5.26 Å². The molecule has 1 aromatic carbocycles. The first-order valence-electron chi connectivity index (χ1n) is 5.65. The number of amides is 1. The van der Waals surface area contributed by atoms with Crippen LogP contribution in [0.2, 0.25) is 5.02 Å². The van der Waals surface area contributed by atoms with Crippen molar-refractivity contribution in [2.24, 2.45) is 0 Å². The third-order valence-electron chi connectivity index (χ3n) is 2.56. The summed E-state index contributed by atoms with van der Waals surface area (Å²) in [6.45, 7) is 0. The van der Waals surface area contributed by atoms with Crippen LogP contribution in [-0.4, -0.2) is 18.0 Å². The van der Waals surface area contributed by atoms with E-state index < -0.39 is 5.91 Å². The molecule has 2 aromatic rings. The maximum Gasteiger partial charge on any atom is 0.274 e. The molecule has 0 bridgehead atoms. The highest BCUT2D eigenvalue weighted by molar-refractivity contribution is 6.31. The molecular weight excluding hydrogens is 278 g/mol. The highest BCUT2D eigenvalue weighted by Crippen LogP contribution is 2.28. The minimum Gasteiger partial charge on any atom is -0.495 e. The lowest BCUT2D eigenvalue weighted by molar-refractivity contribution is 0.102. The van der Waals surface area contributed by atoms with Gasteiger partial charge in [0.15, 0.2) is 0 Å². The molecule has 0 saturated carbocycles. The molecule has 1 aromatic heterocycles. The number of carbonyl (C=O) groups excluding carboxylic acids is 1. The van der Waals surface area contributed by atoms with Crippen molar-refractivity contribution in [1.82, 2.24) is 4.98 Å². The number of nitriles is 1. The summed E-state index contributed by atoms with van der Waals surface area (Å²) in [5, 5.41) is 12.1. The fraction of sp³-hybridized carbons (Fsp3) is 0.0714. The van der Waals surface area contributed by atoms with Gasteiger partial charge in [-0.3, -0.25) is 9.78 Å². The minimum atomic E-state index is -0.464. The molecule has 0 radical (unpaired) electrons. The van der Waals surface area contributed by atoms with Gasteiger partial charge in [0, 0.05) is 11.2 Å². The zero-order valence-electron chi connectivity index (χ0n) is 10.6. The lowest BCUT2D eigenvalue weighted by atomic mass is 10.1. The summed E-state index contributed by atoms with van der Waals surface area (Å²) >= 11 is 5.81. The molecule has 0 aliphatic carbocycles. The topological polar surface area (TPSA) is 75.0 Å². The van der Waals surface area contributed by atoms with Gasteiger partial charge < -0.3 is 10.1 Å². The molecule has 6 heteroatoms. The fourth-order valence-electron chi connectivity index (χ4n) is 1.63. The van der Waals surface area contributed by atoms with Crippen LogP contribution in [0.4, 0.5) is 5.69 Å². The average molecular weight is 288 g/mol. The summed E-state index contributed by atoms with van der Waals surface area (Å²) in [5.41, 5.74) is 0.774. The van der Waals surface area contributed by atoms with Crippen LogP contribution in [0, 0.1) is 11.3 Å². The van der Waals surface area contributed by atoms with Crippen LogP contribution in [0.1, 0.15) is 16.1 Å². The number of ether oxygens (including phenoxy) is 1. The predicted octanol–water partition coefficient (Wildman–Crippen LogP) is 2.87. The number of hydrogen-bond donors (Lipinski definition) is 1. The molecule has 0 fully saturated rings. The third-order valence-corrected chi connectivity index (χ3v) is 2.79. The van der Waals surface area contributed by atoms with E-state index in [0.717, 1.165) is 0 Å². The Kier molecular flexibility index (Phi) is 4.18. The van der Waals surface area contributed by atoms with E-state index >= 15 is 0 Å². The monoisotopic (exact) mass is 287 g/mol. The maximum absolute atomic E-state index is 12.1. The van der Waals surface area contributed by atoms with Crippen molar-refractivity contribution in [3.63, 3.8) is 0 Å². The second-order valence-corrected chi connectivity index (χ2v) is 4.24. The van der Waals surface area contributed by atoms with Crippen LogP contribution in [0.5, 0.6) is 5.75 Å². The van der Waals surface area contributed by atoms with E-state index in [0.29, 0.717) is 22.0 Å². The summed E-state index contributed by atoms with van der Waals surface area (Å²) in [6.07, 6.45) is 1.44. The van der Waals surface area contributed by atoms with Gasteiger partial charge in [-0.05, 0) is 24.3 Å². The molecule has 1 N–H and O–H groups in total. The van der Waals surface area contributed by atoms with E-state index in [2.05, 4.69) is 10.3 Å². The lowest BCUT2D eigenvalue weighted by Gasteiger charge is -2.11. The van der Waals surface area contributed by atoms with E-state index in [1.165, 1.54) is 19.4 Å². The Hall–Kier alpha value is -2.58. The number of benzene rings is 1. The van der Waals surface area contributed by atoms with Gasteiger partial charge in [0.1, 0.15) is 23.2 Å². The Morgan fingerprint density at radius 1 is 1.45 bits per heavy atom. The first kappa shape index (κ1) is 13.8. The summed E-state index contributed by atoms with van der Waals surface area (Å²) in [4.78, 5) is 16.0. The summed E-state index contributed by atoms with van der Waals surface area (Å²) in [7, 11) is 1.46. The highest BCUT2D eigenvalue weighted by atomic mass is 35.5. The number of methoxy groups -OCH3 is 1. The first-order valence-corrected chi connectivity index (χ1v) is 6.03. The van der Waals surface area contributed by atoms with Gasteiger partial charge in [-0.25, -0.2) is 0 Å². The van der Waals surface area contributed by atoms with Crippen LogP contribution < -0.4 is 10.1 Å². The zero-order chi connectivity index (χ0) is 14.5. The highest BCUT2D eigenvalue weighted by Gasteiger charge is 2.14. The maximum atomic E-state index is 12.1. The number of nitrogens with zero attached hydrogens (tertiary/aromatic N) is 2. The summed E-state index contributed by atoms with van der Waals surface area (Å²) < 4.78 is 5.14. The van der Waals surface area contributed by atoms with Gasteiger partial charge in [0.05, 0.1) is 12.7 Å². The van der Waals surface area contributed by atoms with E-state index in [9.17, 15) is 4.79 Å². The van der Waals surface area contributed by atoms with Crippen molar-refractivity contribution >= 4 is 23.2 Å². The van der Waals surface area contributed by atoms with Gasteiger partial charge in [-0.15, -0.1) is 0 Å². The van der Waals surface area contributed by atoms with Crippen molar-refractivity contribution in [3.05, 3.63) is 52.8 Å². The number of halogens is 1. The predicted molar refractivity (Wildman–Crippen MR) is 74.9 cm³/mol. The van der Waals surface area contributed by atoms with Crippen LogP contribution in [-0.2, 0) is 0 Å². The number of aromatic nitrogens is 1. The van der Waals surface area contributed by atoms with Crippen LogP contribution in [0.3, 0.4) is 0 Å². The number of rotatable bonds is 3. The lowest BCUT2D eigenvalue weighted by Crippen LogP contribution is -2.15. The normalized spacial score (nSPS) is 9.65. The Labute approximate surface area is 120 Å². The van der Waals surface area contributed by atoms with Crippen molar-refractivity contribution in [2.75, 3.05) is 12.4 Å². The Balaban J connectivity index is 2.35. The van der Waals surface area contributed by atoms with Gasteiger partial charge in [0.2, 0.25) is 0 Å². The SMILES string of the molecule is COc1cccc(C#N)c1NC(=O)c1cc(Cl)ccn1. The molecule has 0 atom stereocenters. The van der Waals surface area contributed by atoms with Crippen LogP contribution in [0.15, 0.2) is 36.5 Å². The largest absolute Gasteiger partial charge is 0.495 e. The molecule has 100 valence electrons. The van der Waals surface area contributed by atoms with E-state index in [1.54, 1.807) is 24.3 Å². The van der Waals surface area contributed by atoms with Crippen LogP contribution >= 0.6 is 11.6 Å². The van der Waals surface area contributed by atoms with Gasteiger partial charge in [0.25, 0.3) is 5.91 Å². The summed E-state index contributed by atoms with van der Waals surface area (Å²) in [5.74, 6) is -0.0621. The number of anilines is 1. The standard InChI is InChI=1S/C14H10ClN3O2/c1-20-12-4-2-3-9(8-16)13(12)18-14(19)11-7-10(15)5-6-17-11/h2-7H,1H3,(H,18,19). The quantitative estimate of drug-likeness (QED) is 0.942. The van der Waals surface area contributed by atoms with Crippen molar-refractivity contribution < 1.29 is 9.53 Å². The molecule has 1 heterocycles. The Morgan fingerprint density at radius 3 is 2.90 bits per heavy atom. The molecule has 20 heavy (non-hydrogen) atoms. The number of para-hydroxylation sites is 1. The van der Waals surface area contributed by atoms with Crippen molar-refractivity contribution in [3.8, 4) is 11.8 Å². The second-order valence-electron chi connectivity index (χ2n) is 3.81. The molecule has 5 nitrogen and oxygen atoms in total.